The summed E-state index contributed by atoms with van der Waals surface area (Å²) in [6, 6.07) is -0.137. The second-order valence-corrected chi connectivity index (χ2v) is 5.67. The molecule has 0 spiro atoms. The highest BCUT2D eigenvalue weighted by Crippen LogP contribution is 2.28. The van der Waals surface area contributed by atoms with E-state index < -0.39 is 0 Å². The number of carbonyl (C=O) groups is 1. The Balaban J connectivity index is 1.93. The molecule has 18 heavy (non-hydrogen) atoms. The Hall–Kier alpha value is -0.610. The smallest absolute Gasteiger partial charge is 0.236 e. The van der Waals surface area contributed by atoms with Gasteiger partial charge in [-0.1, -0.05) is 13.8 Å². The van der Waals surface area contributed by atoms with E-state index in [0.717, 1.165) is 32.0 Å². The van der Waals surface area contributed by atoms with Crippen molar-refractivity contribution in [3.05, 3.63) is 0 Å². The third-order valence-electron chi connectivity index (χ3n) is 3.16. The van der Waals surface area contributed by atoms with Crippen molar-refractivity contribution >= 4 is 5.91 Å². The van der Waals surface area contributed by atoms with Crippen molar-refractivity contribution in [2.45, 2.75) is 46.1 Å². The zero-order chi connectivity index (χ0) is 13.4. The molecule has 4 heteroatoms. The van der Waals surface area contributed by atoms with Crippen LogP contribution in [-0.2, 0) is 9.53 Å². The average Bonchev–Trinajstić information content (AvgIpc) is 3.11. The molecule has 106 valence electrons. The Morgan fingerprint density at radius 1 is 1.28 bits per heavy atom. The van der Waals surface area contributed by atoms with Gasteiger partial charge in [0.15, 0.2) is 0 Å². The Morgan fingerprint density at radius 3 is 2.61 bits per heavy atom. The molecule has 2 N–H and O–H groups in total. The monoisotopic (exact) mass is 256 g/mol. The molecule has 1 fully saturated rings. The second-order valence-electron chi connectivity index (χ2n) is 5.67. The van der Waals surface area contributed by atoms with E-state index in [1.54, 1.807) is 0 Å². The molecule has 0 saturated heterocycles. The molecule has 0 aromatic carbocycles. The van der Waals surface area contributed by atoms with E-state index in [4.69, 9.17) is 4.74 Å². The highest BCUT2D eigenvalue weighted by molar-refractivity contribution is 5.81. The number of nitrogens with one attached hydrogen (secondary N) is 2. The lowest BCUT2D eigenvalue weighted by atomic mass is 10.1. The molecule has 1 unspecified atom stereocenters. The van der Waals surface area contributed by atoms with Gasteiger partial charge in [0.05, 0.1) is 12.6 Å². The first-order valence-corrected chi connectivity index (χ1v) is 7.18. The third kappa shape index (κ3) is 7.67. The van der Waals surface area contributed by atoms with Crippen LogP contribution in [0.4, 0.5) is 0 Å². The van der Waals surface area contributed by atoms with Crippen molar-refractivity contribution < 1.29 is 9.53 Å². The first-order chi connectivity index (χ1) is 8.59. The van der Waals surface area contributed by atoms with Crippen molar-refractivity contribution in [3.8, 4) is 0 Å². The lowest BCUT2D eigenvalue weighted by Gasteiger charge is -2.14. The van der Waals surface area contributed by atoms with E-state index in [-0.39, 0.29) is 11.9 Å². The molecule has 1 aliphatic rings. The number of ether oxygens (including phenoxy) is 1. The summed E-state index contributed by atoms with van der Waals surface area (Å²) in [5, 5.41) is 6.12. The van der Waals surface area contributed by atoms with Gasteiger partial charge in [0.1, 0.15) is 0 Å². The fourth-order valence-electron chi connectivity index (χ4n) is 1.61. The zero-order valence-electron chi connectivity index (χ0n) is 12.0. The first-order valence-electron chi connectivity index (χ1n) is 7.18. The van der Waals surface area contributed by atoms with Crippen LogP contribution in [0.1, 0.15) is 40.0 Å². The van der Waals surface area contributed by atoms with E-state index in [9.17, 15) is 4.79 Å². The number of carbonyl (C=O) groups excluding carboxylic acids is 1. The Labute approximate surface area is 111 Å². The predicted octanol–water partition coefficient (Wildman–Crippen LogP) is 1.55. The summed E-state index contributed by atoms with van der Waals surface area (Å²) in [7, 11) is 0. The van der Waals surface area contributed by atoms with E-state index in [2.05, 4.69) is 24.5 Å². The summed E-state index contributed by atoms with van der Waals surface area (Å²) >= 11 is 0. The molecule has 0 aliphatic heterocycles. The standard InChI is InChI=1S/C14H28N2O2/c1-11(2)6-7-16-14(17)12(3)15-8-9-18-10-13-4-5-13/h11-13,15H,4-10H2,1-3H3,(H,16,17). The minimum absolute atomic E-state index is 0.0813. The van der Waals surface area contributed by atoms with Gasteiger partial charge in [0, 0.05) is 19.7 Å². The Kier molecular flexibility index (Phi) is 7.28. The molecule has 0 aromatic rings. The van der Waals surface area contributed by atoms with Crippen molar-refractivity contribution in [2.75, 3.05) is 26.3 Å². The van der Waals surface area contributed by atoms with Crippen molar-refractivity contribution in [2.24, 2.45) is 11.8 Å². The average molecular weight is 256 g/mol. The quantitative estimate of drug-likeness (QED) is 0.583. The second kappa shape index (κ2) is 8.48. The maximum absolute atomic E-state index is 11.7. The molecule has 0 bridgehead atoms. The molecule has 1 saturated carbocycles. The maximum atomic E-state index is 11.7. The van der Waals surface area contributed by atoms with E-state index >= 15 is 0 Å². The fourth-order valence-corrected chi connectivity index (χ4v) is 1.61. The highest BCUT2D eigenvalue weighted by Gasteiger charge is 2.21. The molecule has 0 radical (unpaired) electrons. The van der Waals surface area contributed by atoms with Gasteiger partial charge in [0.25, 0.3) is 0 Å². The van der Waals surface area contributed by atoms with Gasteiger partial charge < -0.3 is 15.4 Å². The number of amides is 1. The minimum atomic E-state index is -0.137. The lowest BCUT2D eigenvalue weighted by molar-refractivity contribution is -0.122. The van der Waals surface area contributed by atoms with E-state index in [0.29, 0.717) is 12.5 Å². The molecule has 4 nitrogen and oxygen atoms in total. The van der Waals surface area contributed by atoms with Crippen LogP contribution in [-0.4, -0.2) is 38.3 Å². The van der Waals surface area contributed by atoms with Crippen molar-refractivity contribution in [3.63, 3.8) is 0 Å². The molecule has 1 amide bonds. The maximum Gasteiger partial charge on any atom is 0.236 e. The Bertz CT molecular complexity index is 240. The molecular weight excluding hydrogens is 228 g/mol. The van der Waals surface area contributed by atoms with Crippen LogP contribution in [0.3, 0.4) is 0 Å². The van der Waals surface area contributed by atoms with E-state index in [1.807, 2.05) is 6.92 Å². The number of hydrogen-bond acceptors (Lipinski definition) is 3. The summed E-state index contributed by atoms with van der Waals surface area (Å²) in [5.41, 5.74) is 0. The molecule has 0 heterocycles. The summed E-state index contributed by atoms with van der Waals surface area (Å²) < 4.78 is 5.51. The van der Waals surface area contributed by atoms with Gasteiger partial charge in [-0.25, -0.2) is 0 Å². The van der Waals surface area contributed by atoms with Crippen LogP contribution < -0.4 is 10.6 Å². The summed E-state index contributed by atoms with van der Waals surface area (Å²) in [6.45, 7) is 9.30. The van der Waals surface area contributed by atoms with Crippen molar-refractivity contribution in [1.29, 1.82) is 0 Å². The van der Waals surface area contributed by atoms with Crippen LogP contribution in [0.15, 0.2) is 0 Å². The molecular formula is C14H28N2O2. The predicted molar refractivity (Wildman–Crippen MR) is 73.5 cm³/mol. The zero-order valence-corrected chi connectivity index (χ0v) is 12.0. The third-order valence-corrected chi connectivity index (χ3v) is 3.16. The number of hydrogen-bond donors (Lipinski definition) is 2. The largest absolute Gasteiger partial charge is 0.380 e. The van der Waals surface area contributed by atoms with Crippen LogP contribution in [0.5, 0.6) is 0 Å². The van der Waals surface area contributed by atoms with Crippen LogP contribution >= 0.6 is 0 Å². The summed E-state index contributed by atoms with van der Waals surface area (Å²) in [4.78, 5) is 11.7. The first kappa shape index (κ1) is 15.4. The summed E-state index contributed by atoms with van der Waals surface area (Å²) in [6.07, 6.45) is 3.67. The molecule has 1 aliphatic carbocycles. The van der Waals surface area contributed by atoms with Gasteiger partial charge in [-0.2, -0.15) is 0 Å². The van der Waals surface area contributed by atoms with Crippen molar-refractivity contribution in [1.82, 2.24) is 10.6 Å². The van der Waals surface area contributed by atoms with Gasteiger partial charge >= 0.3 is 0 Å². The molecule has 1 rings (SSSR count). The van der Waals surface area contributed by atoms with Gasteiger partial charge in [-0.05, 0) is 38.0 Å². The van der Waals surface area contributed by atoms with Crippen LogP contribution in [0, 0.1) is 11.8 Å². The SMILES string of the molecule is CC(C)CCNC(=O)C(C)NCCOCC1CC1. The lowest BCUT2D eigenvalue weighted by Crippen LogP contribution is -2.43. The van der Waals surface area contributed by atoms with Crippen LogP contribution in [0.2, 0.25) is 0 Å². The Morgan fingerprint density at radius 2 is 2.00 bits per heavy atom. The van der Waals surface area contributed by atoms with E-state index in [1.165, 1.54) is 12.8 Å². The van der Waals surface area contributed by atoms with Crippen LogP contribution in [0.25, 0.3) is 0 Å². The normalized spacial score (nSPS) is 16.9. The van der Waals surface area contributed by atoms with Gasteiger partial charge in [-0.3, -0.25) is 4.79 Å². The van der Waals surface area contributed by atoms with Gasteiger partial charge in [0.2, 0.25) is 5.91 Å². The topological polar surface area (TPSA) is 50.4 Å². The fraction of sp³-hybridized carbons (Fsp3) is 0.929. The number of rotatable bonds is 10. The molecule has 1 atom stereocenters. The highest BCUT2D eigenvalue weighted by atomic mass is 16.5. The minimum Gasteiger partial charge on any atom is -0.380 e. The van der Waals surface area contributed by atoms with Gasteiger partial charge in [-0.15, -0.1) is 0 Å². The summed E-state index contributed by atoms with van der Waals surface area (Å²) in [5.74, 6) is 1.52. The molecule has 0 aromatic heterocycles.